The summed E-state index contributed by atoms with van der Waals surface area (Å²) < 4.78 is 39.2. The number of carboxylic acids is 1. The van der Waals surface area contributed by atoms with Crippen molar-refractivity contribution in [2.24, 2.45) is 0 Å². The Balaban J connectivity index is 1.68. The number of anilines is 1. The van der Waals surface area contributed by atoms with Crippen LogP contribution in [0.15, 0.2) is 66.0 Å². The van der Waals surface area contributed by atoms with E-state index < -0.39 is 16.0 Å². The number of sulfonamides is 1. The van der Waals surface area contributed by atoms with Gasteiger partial charge in [0.25, 0.3) is 10.0 Å². The van der Waals surface area contributed by atoms with Gasteiger partial charge >= 0.3 is 5.97 Å². The summed E-state index contributed by atoms with van der Waals surface area (Å²) in [5.74, 6) is 0.307. The van der Waals surface area contributed by atoms with Crippen LogP contribution in [-0.4, -0.2) is 36.1 Å². The highest BCUT2D eigenvalue weighted by Gasteiger charge is 2.16. The molecule has 0 spiro atoms. The molecule has 0 aliphatic carbocycles. The van der Waals surface area contributed by atoms with Gasteiger partial charge in [-0.05, 0) is 49.2 Å². The Bertz CT molecular complexity index is 1150. The van der Waals surface area contributed by atoms with Gasteiger partial charge in [-0.1, -0.05) is 6.07 Å². The number of benzene rings is 2. The van der Waals surface area contributed by atoms with Crippen molar-refractivity contribution in [3.8, 4) is 17.4 Å². The summed E-state index contributed by atoms with van der Waals surface area (Å²) in [7, 11) is -3.85. The number of hydrogen-bond donors (Lipinski definition) is 2. The highest BCUT2D eigenvalue weighted by atomic mass is 32.2. The van der Waals surface area contributed by atoms with E-state index in [-0.39, 0.29) is 23.8 Å². The molecule has 0 saturated heterocycles. The number of ether oxygens (including phenoxy) is 2. The van der Waals surface area contributed by atoms with Gasteiger partial charge < -0.3 is 14.6 Å². The monoisotopic (exact) mass is 443 g/mol. The number of nitrogens with zero attached hydrogens (tertiary/aromatic N) is 2. The van der Waals surface area contributed by atoms with Crippen molar-refractivity contribution in [2.75, 3.05) is 11.3 Å². The molecule has 0 atom stereocenters. The summed E-state index contributed by atoms with van der Waals surface area (Å²) in [4.78, 5) is 18.6. The number of hydrogen-bond acceptors (Lipinski definition) is 7. The lowest BCUT2D eigenvalue weighted by Crippen LogP contribution is -2.13. The molecule has 0 aliphatic heterocycles. The lowest BCUT2D eigenvalue weighted by Gasteiger charge is -2.13. The fourth-order valence-corrected chi connectivity index (χ4v) is 3.79. The van der Waals surface area contributed by atoms with Crippen molar-refractivity contribution in [3.05, 3.63) is 66.6 Å². The summed E-state index contributed by atoms with van der Waals surface area (Å²) in [6, 6.07) is 11.0. The fourth-order valence-electron chi connectivity index (χ4n) is 2.65. The summed E-state index contributed by atoms with van der Waals surface area (Å²) >= 11 is 0. The molecule has 2 N–H and O–H groups in total. The summed E-state index contributed by atoms with van der Waals surface area (Å²) in [5.41, 5.74) is 0.950. The first-order valence-corrected chi connectivity index (χ1v) is 10.8. The second-order valence-electron chi connectivity index (χ2n) is 6.55. The molecule has 0 radical (unpaired) electrons. The Morgan fingerprint density at radius 2 is 2.00 bits per heavy atom. The number of aromatic nitrogens is 2. The first kappa shape index (κ1) is 22.0. The lowest BCUT2D eigenvalue weighted by molar-refractivity contribution is -0.137. The molecule has 2 aromatic carbocycles. The van der Waals surface area contributed by atoms with Crippen LogP contribution in [0, 0.1) is 6.92 Å². The third kappa shape index (κ3) is 6.41. The van der Waals surface area contributed by atoms with Crippen molar-refractivity contribution >= 4 is 21.7 Å². The lowest BCUT2D eigenvalue weighted by atomic mass is 10.2. The van der Waals surface area contributed by atoms with Crippen LogP contribution in [0.3, 0.4) is 0 Å². The van der Waals surface area contributed by atoms with Crippen molar-refractivity contribution in [1.82, 2.24) is 9.97 Å². The molecule has 0 bridgehead atoms. The molecule has 31 heavy (non-hydrogen) atoms. The number of carbonyl (C=O) groups is 1. The topological polar surface area (TPSA) is 128 Å². The van der Waals surface area contributed by atoms with E-state index in [2.05, 4.69) is 14.7 Å². The normalized spacial score (nSPS) is 11.0. The van der Waals surface area contributed by atoms with Crippen LogP contribution in [0.4, 0.5) is 5.69 Å². The van der Waals surface area contributed by atoms with E-state index in [1.54, 1.807) is 37.3 Å². The Hall–Kier alpha value is -3.66. The van der Waals surface area contributed by atoms with E-state index in [0.29, 0.717) is 29.2 Å². The summed E-state index contributed by atoms with van der Waals surface area (Å²) in [6.07, 6.45) is 4.83. The molecule has 1 heterocycles. The molecule has 0 unspecified atom stereocenters. The predicted octanol–water partition coefficient (Wildman–Crippen LogP) is 3.62. The Morgan fingerprint density at radius 3 is 2.71 bits per heavy atom. The molecule has 3 aromatic rings. The molecule has 0 aliphatic rings. The van der Waals surface area contributed by atoms with E-state index in [9.17, 15) is 13.2 Å². The van der Waals surface area contributed by atoms with Crippen LogP contribution >= 0.6 is 0 Å². The average molecular weight is 443 g/mol. The van der Waals surface area contributed by atoms with Gasteiger partial charge in [0, 0.05) is 24.9 Å². The van der Waals surface area contributed by atoms with Crippen LogP contribution in [0.5, 0.6) is 17.4 Å². The van der Waals surface area contributed by atoms with Gasteiger partial charge in [-0.3, -0.25) is 14.5 Å². The van der Waals surface area contributed by atoms with Crippen molar-refractivity contribution in [3.63, 3.8) is 0 Å². The zero-order valence-corrected chi connectivity index (χ0v) is 17.5. The fraction of sp³-hybridized carbons (Fsp3) is 0.190. The molecular formula is C21H21N3O6S. The number of carboxylic acid groups (broad SMARTS) is 1. The largest absolute Gasteiger partial charge is 0.493 e. The molecule has 0 fully saturated rings. The van der Waals surface area contributed by atoms with Crippen LogP contribution in [0.1, 0.15) is 18.4 Å². The van der Waals surface area contributed by atoms with Crippen LogP contribution in [-0.2, 0) is 14.8 Å². The first-order valence-electron chi connectivity index (χ1n) is 9.35. The Labute approximate surface area is 179 Å². The van der Waals surface area contributed by atoms with Crippen molar-refractivity contribution in [1.29, 1.82) is 0 Å². The van der Waals surface area contributed by atoms with Crippen molar-refractivity contribution < 1.29 is 27.8 Å². The van der Waals surface area contributed by atoms with E-state index in [1.807, 2.05) is 0 Å². The van der Waals surface area contributed by atoms with Crippen LogP contribution in [0.25, 0.3) is 0 Å². The molecule has 9 nitrogen and oxygen atoms in total. The minimum atomic E-state index is -3.85. The van der Waals surface area contributed by atoms with Gasteiger partial charge in [0.2, 0.25) is 5.88 Å². The van der Waals surface area contributed by atoms with Crippen LogP contribution < -0.4 is 14.2 Å². The molecule has 0 amide bonds. The number of aliphatic carboxylic acids is 1. The summed E-state index contributed by atoms with van der Waals surface area (Å²) in [5, 5.41) is 8.66. The quantitative estimate of drug-likeness (QED) is 0.455. The minimum Gasteiger partial charge on any atom is -0.493 e. The van der Waals surface area contributed by atoms with E-state index >= 15 is 0 Å². The van der Waals surface area contributed by atoms with Gasteiger partial charge in [0.15, 0.2) is 0 Å². The molecule has 10 heteroatoms. The van der Waals surface area contributed by atoms with Gasteiger partial charge in [-0.15, -0.1) is 0 Å². The maximum atomic E-state index is 12.8. The van der Waals surface area contributed by atoms with Gasteiger partial charge in [-0.2, -0.15) is 0 Å². The average Bonchev–Trinajstić information content (AvgIpc) is 2.72. The second kappa shape index (κ2) is 9.90. The highest BCUT2D eigenvalue weighted by Crippen LogP contribution is 2.26. The third-order valence-corrected chi connectivity index (χ3v) is 5.48. The standard InChI is InChI=1S/C21H21N3O6S/c1-15-12-18(7-8-19(15)29-11-3-6-21(25)26)31(27,28)24-16-4-2-5-17(13-16)30-20-14-22-9-10-23-20/h2,4-5,7-10,12-14,24H,3,6,11H2,1H3,(H,25,26). The predicted molar refractivity (Wildman–Crippen MR) is 113 cm³/mol. The minimum absolute atomic E-state index is 0.00898. The Kier molecular flexibility index (Phi) is 7.03. The molecule has 0 saturated carbocycles. The third-order valence-electron chi connectivity index (χ3n) is 4.10. The maximum Gasteiger partial charge on any atom is 0.303 e. The SMILES string of the molecule is Cc1cc(S(=O)(=O)Nc2cccc(Oc3cnccn3)c2)ccc1OCCCC(=O)O. The molecule has 162 valence electrons. The van der Waals surface area contributed by atoms with Crippen molar-refractivity contribution in [2.45, 2.75) is 24.7 Å². The molecule has 3 rings (SSSR count). The molecular weight excluding hydrogens is 422 g/mol. The zero-order chi connectivity index (χ0) is 22.3. The van der Waals surface area contributed by atoms with Gasteiger partial charge in [0.1, 0.15) is 11.5 Å². The summed E-state index contributed by atoms with van der Waals surface area (Å²) in [6.45, 7) is 1.96. The second-order valence-corrected chi connectivity index (χ2v) is 8.23. The van der Waals surface area contributed by atoms with E-state index in [0.717, 1.165) is 0 Å². The van der Waals surface area contributed by atoms with E-state index in [1.165, 1.54) is 30.7 Å². The van der Waals surface area contributed by atoms with Crippen LogP contribution in [0.2, 0.25) is 0 Å². The van der Waals surface area contributed by atoms with E-state index in [4.69, 9.17) is 14.6 Å². The maximum absolute atomic E-state index is 12.8. The smallest absolute Gasteiger partial charge is 0.303 e. The number of nitrogens with one attached hydrogen (secondary N) is 1. The first-order chi connectivity index (χ1) is 14.8. The Morgan fingerprint density at radius 1 is 1.16 bits per heavy atom. The molecule has 1 aromatic heterocycles. The van der Waals surface area contributed by atoms with Gasteiger partial charge in [-0.25, -0.2) is 13.4 Å². The zero-order valence-electron chi connectivity index (χ0n) is 16.7. The number of aryl methyl sites for hydroxylation is 1. The highest BCUT2D eigenvalue weighted by molar-refractivity contribution is 7.92. The number of rotatable bonds is 10. The van der Waals surface area contributed by atoms with Gasteiger partial charge in [0.05, 0.1) is 23.4 Å².